The van der Waals surface area contributed by atoms with Gasteiger partial charge in [0.1, 0.15) is 0 Å². The Labute approximate surface area is 120 Å². The van der Waals surface area contributed by atoms with Crippen LogP contribution in [-0.2, 0) is 0 Å². The number of hydrogen-bond donors (Lipinski definition) is 4. The third-order valence-electron chi connectivity index (χ3n) is 3.16. The predicted octanol–water partition coefficient (Wildman–Crippen LogP) is 3.16. The van der Waals surface area contributed by atoms with Gasteiger partial charge >= 0.3 is 0 Å². The van der Waals surface area contributed by atoms with Crippen LogP contribution in [-0.4, -0.2) is 13.1 Å². The maximum absolute atomic E-state index is 5.87. The van der Waals surface area contributed by atoms with Crippen molar-refractivity contribution in [1.29, 1.82) is 0 Å². The second kappa shape index (κ2) is 7.28. The minimum absolute atomic E-state index is 0.794. The number of nitrogen functional groups attached to an aromatic ring is 2. The van der Waals surface area contributed by atoms with Crippen molar-refractivity contribution in [2.24, 2.45) is 0 Å². The number of rotatable bonds is 7. The van der Waals surface area contributed by atoms with Gasteiger partial charge in [-0.3, -0.25) is 0 Å². The molecule has 2 aromatic carbocycles. The van der Waals surface area contributed by atoms with Gasteiger partial charge in [0.2, 0.25) is 0 Å². The topological polar surface area (TPSA) is 76.1 Å². The summed E-state index contributed by atoms with van der Waals surface area (Å²) in [5.41, 5.74) is 15.3. The highest BCUT2D eigenvalue weighted by Crippen LogP contribution is 2.17. The molecule has 4 nitrogen and oxygen atoms in total. The molecule has 0 fully saturated rings. The summed E-state index contributed by atoms with van der Waals surface area (Å²) in [5.74, 6) is 0. The SMILES string of the molecule is Nc1ccccc1NCCCCNc1ccccc1N. The number of nitrogens with one attached hydrogen (secondary N) is 2. The van der Waals surface area contributed by atoms with Crippen LogP contribution in [0.3, 0.4) is 0 Å². The molecule has 0 unspecified atom stereocenters. The summed E-state index contributed by atoms with van der Waals surface area (Å²) >= 11 is 0. The van der Waals surface area contributed by atoms with Crippen LogP contribution in [0.15, 0.2) is 48.5 Å². The lowest BCUT2D eigenvalue weighted by molar-refractivity contribution is 0.796. The highest BCUT2D eigenvalue weighted by molar-refractivity contribution is 5.66. The molecule has 0 bridgehead atoms. The van der Waals surface area contributed by atoms with Crippen LogP contribution in [0.1, 0.15) is 12.8 Å². The lowest BCUT2D eigenvalue weighted by Gasteiger charge is -2.10. The maximum Gasteiger partial charge on any atom is 0.0573 e. The van der Waals surface area contributed by atoms with Gasteiger partial charge in [-0.05, 0) is 37.1 Å². The number of anilines is 4. The van der Waals surface area contributed by atoms with E-state index in [-0.39, 0.29) is 0 Å². The van der Waals surface area contributed by atoms with Crippen LogP contribution in [0.4, 0.5) is 22.7 Å². The van der Waals surface area contributed by atoms with Crippen LogP contribution in [0.5, 0.6) is 0 Å². The van der Waals surface area contributed by atoms with Crippen LogP contribution in [0.2, 0.25) is 0 Å². The Morgan fingerprint density at radius 3 is 1.45 bits per heavy atom. The molecule has 0 aliphatic carbocycles. The highest BCUT2D eigenvalue weighted by atomic mass is 14.9. The lowest BCUT2D eigenvalue weighted by atomic mass is 10.2. The zero-order chi connectivity index (χ0) is 14.2. The number of unbranched alkanes of at least 4 members (excludes halogenated alkanes) is 1. The Kier molecular flexibility index (Phi) is 5.12. The average Bonchev–Trinajstić information content (AvgIpc) is 2.46. The van der Waals surface area contributed by atoms with Gasteiger partial charge in [-0.1, -0.05) is 24.3 Å². The fourth-order valence-corrected chi connectivity index (χ4v) is 2.01. The summed E-state index contributed by atoms with van der Waals surface area (Å²) in [7, 11) is 0. The predicted molar refractivity (Wildman–Crippen MR) is 87.9 cm³/mol. The van der Waals surface area contributed by atoms with Crippen molar-refractivity contribution in [1.82, 2.24) is 0 Å². The molecule has 20 heavy (non-hydrogen) atoms. The lowest BCUT2D eigenvalue weighted by Crippen LogP contribution is -2.08. The number of para-hydroxylation sites is 4. The summed E-state index contributed by atoms with van der Waals surface area (Å²) < 4.78 is 0. The first kappa shape index (κ1) is 14.1. The summed E-state index contributed by atoms with van der Waals surface area (Å²) in [6, 6.07) is 15.7. The van der Waals surface area contributed by atoms with E-state index in [1.807, 2.05) is 48.5 Å². The smallest absolute Gasteiger partial charge is 0.0573 e. The van der Waals surface area contributed by atoms with Crippen molar-refractivity contribution in [2.45, 2.75) is 12.8 Å². The molecule has 0 amide bonds. The Bertz CT molecular complexity index is 490. The van der Waals surface area contributed by atoms with E-state index in [1.165, 1.54) is 0 Å². The molecular weight excluding hydrogens is 248 g/mol. The fourth-order valence-electron chi connectivity index (χ4n) is 2.01. The number of nitrogens with two attached hydrogens (primary N) is 2. The molecule has 0 heterocycles. The van der Waals surface area contributed by atoms with Gasteiger partial charge in [0.25, 0.3) is 0 Å². The summed E-state index contributed by atoms with van der Waals surface area (Å²) in [6.07, 6.45) is 2.15. The van der Waals surface area contributed by atoms with E-state index in [1.54, 1.807) is 0 Å². The molecule has 0 saturated carbocycles. The first-order valence-electron chi connectivity index (χ1n) is 6.94. The third kappa shape index (κ3) is 4.09. The van der Waals surface area contributed by atoms with Gasteiger partial charge in [0.05, 0.1) is 22.7 Å². The quantitative estimate of drug-likeness (QED) is 0.460. The van der Waals surface area contributed by atoms with Crippen LogP contribution in [0.25, 0.3) is 0 Å². The summed E-state index contributed by atoms with van der Waals surface area (Å²) in [6.45, 7) is 1.83. The van der Waals surface area contributed by atoms with Gasteiger partial charge in [-0.15, -0.1) is 0 Å². The van der Waals surface area contributed by atoms with Crippen molar-refractivity contribution in [2.75, 3.05) is 35.2 Å². The normalized spacial score (nSPS) is 10.2. The second-order valence-corrected chi connectivity index (χ2v) is 4.74. The van der Waals surface area contributed by atoms with Crippen molar-refractivity contribution in [3.05, 3.63) is 48.5 Å². The minimum atomic E-state index is 0.794. The molecule has 6 N–H and O–H groups in total. The van der Waals surface area contributed by atoms with Crippen molar-refractivity contribution in [3.8, 4) is 0 Å². The average molecular weight is 270 g/mol. The third-order valence-corrected chi connectivity index (χ3v) is 3.16. The largest absolute Gasteiger partial charge is 0.397 e. The van der Waals surface area contributed by atoms with Gasteiger partial charge in [0.15, 0.2) is 0 Å². The van der Waals surface area contributed by atoms with Crippen LogP contribution in [0, 0.1) is 0 Å². The number of benzene rings is 2. The summed E-state index contributed by atoms with van der Waals surface area (Å²) in [4.78, 5) is 0. The molecule has 0 aliphatic rings. The minimum Gasteiger partial charge on any atom is -0.397 e. The van der Waals surface area contributed by atoms with Crippen molar-refractivity contribution < 1.29 is 0 Å². The molecule has 0 radical (unpaired) electrons. The van der Waals surface area contributed by atoms with Gasteiger partial charge in [-0.25, -0.2) is 0 Å². The molecule has 106 valence electrons. The van der Waals surface area contributed by atoms with E-state index < -0.39 is 0 Å². The fraction of sp³-hybridized carbons (Fsp3) is 0.250. The summed E-state index contributed by atoms with van der Waals surface area (Å²) in [5, 5.41) is 6.69. The highest BCUT2D eigenvalue weighted by Gasteiger charge is 1.97. The molecule has 0 aliphatic heterocycles. The Hall–Kier alpha value is -2.36. The van der Waals surface area contributed by atoms with Crippen molar-refractivity contribution >= 4 is 22.7 Å². The zero-order valence-electron chi connectivity index (χ0n) is 11.6. The van der Waals surface area contributed by atoms with Gasteiger partial charge in [-0.2, -0.15) is 0 Å². The molecule has 2 rings (SSSR count). The van der Waals surface area contributed by atoms with E-state index >= 15 is 0 Å². The molecule has 0 saturated heterocycles. The molecule has 0 aromatic heterocycles. The van der Waals surface area contributed by atoms with E-state index in [4.69, 9.17) is 11.5 Å². The first-order valence-corrected chi connectivity index (χ1v) is 6.94. The van der Waals surface area contributed by atoms with E-state index in [2.05, 4.69) is 10.6 Å². The molecule has 4 heteroatoms. The molecule has 0 spiro atoms. The van der Waals surface area contributed by atoms with Gasteiger partial charge in [0, 0.05) is 13.1 Å². The Morgan fingerprint density at radius 2 is 1.05 bits per heavy atom. The standard InChI is InChI=1S/C16H22N4/c17-13-7-1-3-9-15(13)19-11-5-6-12-20-16-10-4-2-8-14(16)18/h1-4,7-10,19-20H,5-6,11-12,17-18H2. The molecule has 2 aromatic rings. The van der Waals surface area contributed by atoms with E-state index in [9.17, 15) is 0 Å². The Balaban J connectivity index is 1.63. The molecule has 0 atom stereocenters. The maximum atomic E-state index is 5.87. The van der Waals surface area contributed by atoms with E-state index in [0.29, 0.717) is 0 Å². The van der Waals surface area contributed by atoms with Gasteiger partial charge < -0.3 is 22.1 Å². The van der Waals surface area contributed by atoms with Crippen molar-refractivity contribution in [3.63, 3.8) is 0 Å². The van der Waals surface area contributed by atoms with Crippen LogP contribution >= 0.6 is 0 Å². The Morgan fingerprint density at radius 1 is 0.650 bits per heavy atom. The first-order chi connectivity index (χ1) is 9.77. The van der Waals surface area contributed by atoms with Crippen LogP contribution < -0.4 is 22.1 Å². The zero-order valence-corrected chi connectivity index (χ0v) is 11.6. The second-order valence-electron chi connectivity index (χ2n) is 4.74. The monoisotopic (exact) mass is 270 g/mol. The molecular formula is C16H22N4. The number of hydrogen-bond acceptors (Lipinski definition) is 4. The van der Waals surface area contributed by atoms with E-state index in [0.717, 1.165) is 48.7 Å².